The highest BCUT2D eigenvalue weighted by Gasteiger charge is 2.32. The third kappa shape index (κ3) is 6.06. The largest absolute Gasteiger partial charge is 0.321 e. The molecule has 4 aromatic rings. The second-order valence-electron chi connectivity index (χ2n) is 10.3. The number of hydrogen-bond donors (Lipinski definition) is 2. The van der Waals surface area contributed by atoms with E-state index in [0.717, 1.165) is 38.0 Å². The molecule has 2 N–H and O–H groups in total. The highest BCUT2D eigenvalue weighted by molar-refractivity contribution is 7.89. The predicted molar refractivity (Wildman–Crippen MR) is 157 cm³/mol. The van der Waals surface area contributed by atoms with E-state index >= 15 is 0 Å². The van der Waals surface area contributed by atoms with Gasteiger partial charge in [0, 0.05) is 47.7 Å². The van der Waals surface area contributed by atoms with Crippen molar-refractivity contribution in [2.75, 3.05) is 18.4 Å². The van der Waals surface area contributed by atoms with Gasteiger partial charge in [0.1, 0.15) is 0 Å². The van der Waals surface area contributed by atoms with Crippen LogP contribution < -0.4 is 10.0 Å². The van der Waals surface area contributed by atoms with Gasteiger partial charge in [-0.25, -0.2) is 13.1 Å². The molecule has 1 aliphatic rings. The van der Waals surface area contributed by atoms with Crippen molar-refractivity contribution in [2.45, 2.75) is 44.2 Å². The first-order valence-corrected chi connectivity index (χ1v) is 15.0. The summed E-state index contributed by atoms with van der Waals surface area (Å²) < 4.78 is 30.5. The Bertz CT molecular complexity index is 1570. The Labute approximate surface area is 231 Å². The van der Waals surface area contributed by atoms with Gasteiger partial charge in [0.05, 0.1) is 4.90 Å². The van der Waals surface area contributed by atoms with Gasteiger partial charge in [-0.05, 0) is 48.6 Å². The van der Waals surface area contributed by atoms with Crippen LogP contribution in [0.25, 0.3) is 10.8 Å². The lowest BCUT2D eigenvalue weighted by Gasteiger charge is -2.38. The van der Waals surface area contributed by atoms with Crippen LogP contribution in [0, 0.1) is 12.8 Å². The van der Waals surface area contributed by atoms with Crippen molar-refractivity contribution in [3.63, 3.8) is 0 Å². The summed E-state index contributed by atoms with van der Waals surface area (Å²) in [6.07, 6.45) is 1.65. The number of hydrogen-bond acceptors (Lipinski definition) is 4. The normalized spacial score (nSPS) is 18.2. The zero-order chi connectivity index (χ0) is 27.4. The molecule has 0 radical (unpaired) electrons. The topological polar surface area (TPSA) is 78.5 Å². The van der Waals surface area contributed by atoms with Gasteiger partial charge in [-0.3, -0.25) is 9.69 Å². The van der Waals surface area contributed by atoms with Crippen molar-refractivity contribution in [1.82, 2.24) is 9.62 Å². The van der Waals surface area contributed by atoms with E-state index in [0.29, 0.717) is 22.0 Å². The molecule has 6 nitrogen and oxygen atoms in total. The zero-order valence-electron chi connectivity index (χ0n) is 22.4. The Balaban J connectivity index is 1.36. The van der Waals surface area contributed by atoms with Crippen LogP contribution in [0.3, 0.4) is 0 Å². The molecule has 202 valence electrons. The zero-order valence-corrected chi connectivity index (χ0v) is 23.2. The number of nitrogens with one attached hydrogen (secondary N) is 2. The monoisotopic (exact) mass is 541 g/mol. The summed E-state index contributed by atoms with van der Waals surface area (Å²) in [4.78, 5) is 15.6. The molecule has 1 saturated heterocycles. The molecule has 7 heteroatoms. The fourth-order valence-corrected chi connectivity index (χ4v) is 7.11. The number of carbonyl (C=O) groups is 1. The highest BCUT2D eigenvalue weighted by Crippen LogP contribution is 2.31. The lowest BCUT2D eigenvalue weighted by molar-refractivity contribution is 0.102. The molecule has 1 heterocycles. The maximum Gasteiger partial charge on any atom is 0.255 e. The van der Waals surface area contributed by atoms with Crippen LogP contribution in [0.4, 0.5) is 5.69 Å². The number of fused-ring (bicyclic) bond motifs is 1. The maximum absolute atomic E-state index is 13.7. The number of piperidine rings is 1. The van der Waals surface area contributed by atoms with Crippen molar-refractivity contribution >= 4 is 32.4 Å². The Kier molecular flexibility index (Phi) is 8.12. The molecule has 5 rings (SSSR count). The van der Waals surface area contributed by atoms with Crippen LogP contribution in [-0.4, -0.2) is 38.4 Å². The second kappa shape index (κ2) is 11.7. The molecule has 4 aromatic carbocycles. The minimum Gasteiger partial charge on any atom is -0.321 e. The summed E-state index contributed by atoms with van der Waals surface area (Å²) in [5.74, 6) is -0.00351. The van der Waals surface area contributed by atoms with Gasteiger partial charge in [0.25, 0.3) is 5.91 Å². The van der Waals surface area contributed by atoms with E-state index in [4.69, 9.17) is 0 Å². The lowest BCUT2D eigenvalue weighted by atomic mass is 9.90. The first-order valence-electron chi connectivity index (χ1n) is 13.5. The van der Waals surface area contributed by atoms with E-state index in [1.54, 1.807) is 24.3 Å². The lowest BCUT2D eigenvalue weighted by Crippen LogP contribution is -2.50. The van der Waals surface area contributed by atoms with E-state index in [2.05, 4.69) is 46.1 Å². The third-order valence-electron chi connectivity index (χ3n) is 7.71. The number of aryl methyl sites for hydroxylation is 1. The number of sulfonamides is 1. The third-order valence-corrected chi connectivity index (χ3v) is 9.26. The highest BCUT2D eigenvalue weighted by atomic mass is 32.2. The van der Waals surface area contributed by atoms with Gasteiger partial charge < -0.3 is 5.32 Å². The minimum atomic E-state index is -3.79. The van der Waals surface area contributed by atoms with Crippen LogP contribution in [0.1, 0.15) is 41.3 Å². The van der Waals surface area contributed by atoms with Gasteiger partial charge in [-0.15, -0.1) is 0 Å². The Morgan fingerprint density at radius 2 is 1.59 bits per heavy atom. The van der Waals surface area contributed by atoms with Crippen LogP contribution in [0.5, 0.6) is 0 Å². The molecule has 1 fully saturated rings. The van der Waals surface area contributed by atoms with E-state index in [9.17, 15) is 13.2 Å². The molecule has 1 amide bonds. The van der Waals surface area contributed by atoms with Gasteiger partial charge in [0.15, 0.2) is 0 Å². The SMILES string of the molecule is CC[C@H]1CN(Cc2ccccc2)CC[C@@H]1NS(=O)(=O)c1ccc(NC(=O)c2ccccc2C)c2ccccc12. The van der Waals surface area contributed by atoms with E-state index in [-0.39, 0.29) is 22.8 Å². The predicted octanol–water partition coefficient (Wildman–Crippen LogP) is 5.98. The van der Waals surface area contributed by atoms with Gasteiger partial charge in [0.2, 0.25) is 10.0 Å². The number of amides is 1. The fourth-order valence-electron chi connectivity index (χ4n) is 5.56. The molecule has 0 aliphatic carbocycles. The first-order chi connectivity index (χ1) is 18.9. The number of rotatable bonds is 8. The number of anilines is 1. The van der Waals surface area contributed by atoms with Crippen molar-refractivity contribution in [3.05, 3.63) is 108 Å². The summed E-state index contributed by atoms with van der Waals surface area (Å²) in [6, 6.07) is 28.3. The van der Waals surface area contributed by atoms with Crippen molar-refractivity contribution in [3.8, 4) is 0 Å². The van der Waals surface area contributed by atoms with Crippen LogP contribution in [0.15, 0.2) is 95.9 Å². The Morgan fingerprint density at radius 1 is 0.897 bits per heavy atom. The van der Waals surface area contributed by atoms with Crippen molar-refractivity contribution in [2.24, 2.45) is 5.92 Å². The quantitative estimate of drug-likeness (QED) is 0.288. The molecule has 0 bridgehead atoms. The Morgan fingerprint density at radius 3 is 2.33 bits per heavy atom. The first kappa shape index (κ1) is 27.1. The van der Waals surface area contributed by atoms with E-state index in [1.165, 1.54) is 5.56 Å². The molecular weight excluding hydrogens is 506 g/mol. The molecule has 1 aliphatic heterocycles. The fraction of sp³-hybridized carbons (Fsp3) is 0.281. The summed E-state index contributed by atoms with van der Waals surface area (Å²) in [6.45, 7) is 6.58. The van der Waals surface area contributed by atoms with Gasteiger partial charge in [-0.1, -0.05) is 86.1 Å². The molecule has 39 heavy (non-hydrogen) atoms. The summed E-state index contributed by atoms with van der Waals surface area (Å²) in [5.41, 5.74) is 3.32. The van der Waals surface area contributed by atoms with E-state index in [1.807, 2.05) is 49.4 Å². The number of likely N-dealkylation sites (tertiary alicyclic amines) is 1. The van der Waals surface area contributed by atoms with Gasteiger partial charge in [-0.2, -0.15) is 0 Å². The summed E-state index contributed by atoms with van der Waals surface area (Å²) in [7, 11) is -3.79. The van der Waals surface area contributed by atoms with Gasteiger partial charge >= 0.3 is 0 Å². The molecule has 0 spiro atoms. The molecule has 0 unspecified atom stereocenters. The number of nitrogens with zero attached hydrogens (tertiary/aromatic N) is 1. The van der Waals surface area contributed by atoms with Crippen molar-refractivity contribution in [1.29, 1.82) is 0 Å². The van der Waals surface area contributed by atoms with Crippen LogP contribution in [0.2, 0.25) is 0 Å². The standard InChI is InChI=1S/C32H35N3O3S/c1-3-25-22-35(21-24-12-5-4-6-13-24)20-19-29(25)34-39(37,38)31-18-17-30(27-15-9-10-16-28(27)31)33-32(36)26-14-8-7-11-23(26)2/h4-18,25,29,34H,3,19-22H2,1-2H3,(H,33,36)/t25-,29-/m0/s1. The minimum absolute atomic E-state index is 0.133. The average Bonchev–Trinajstić information content (AvgIpc) is 2.94. The molecule has 0 saturated carbocycles. The summed E-state index contributed by atoms with van der Waals surface area (Å²) in [5, 5.41) is 4.26. The second-order valence-corrected chi connectivity index (χ2v) is 12.0. The molecule has 2 atom stereocenters. The van der Waals surface area contributed by atoms with Crippen LogP contribution >= 0.6 is 0 Å². The Hall–Kier alpha value is -3.52. The molecular formula is C32H35N3O3S. The summed E-state index contributed by atoms with van der Waals surface area (Å²) >= 11 is 0. The van der Waals surface area contributed by atoms with Crippen LogP contribution in [-0.2, 0) is 16.6 Å². The smallest absolute Gasteiger partial charge is 0.255 e. The number of benzene rings is 4. The maximum atomic E-state index is 13.7. The van der Waals surface area contributed by atoms with E-state index < -0.39 is 10.0 Å². The molecule has 0 aromatic heterocycles. The number of carbonyl (C=O) groups excluding carboxylic acids is 1. The average molecular weight is 542 g/mol. The van der Waals surface area contributed by atoms with Crippen molar-refractivity contribution < 1.29 is 13.2 Å².